The monoisotopic (exact) mass is 440 g/mol. The number of hydrogen-bond donors (Lipinski definition) is 1. The molecule has 2 aromatic carbocycles. The van der Waals surface area contributed by atoms with Crippen LogP contribution in [0.5, 0.6) is 0 Å². The van der Waals surface area contributed by atoms with Crippen LogP contribution in [0.15, 0.2) is 58.0 Å². The molecule has 3 aromatic rings. The lowest BCUT2D eigenvalue weighted by atomic mass is 9.98. The third-order valence-electron chi connectivity index (χ3n) is 6.24. The van der Waals surface area contributed by atoms with Gasteiger partial charge in [0.05, 0.1) is 17.6 Å². The standard InChI is InChI=1S/C24H28N2O4S/c1-17-8-9-22-20(16-30-24(22)18(17)2)14-23(27)25-15-19-10-12-26(13-11-19)31(28,29)21-6-4-3-5-7-21/h3-9,16,19H,10-15H2,1-2H3,(H,25,27). The Labute approximate surface area is 183 Å². The summed E-state index contributed by atoms with van der Waals surface area (Å²) in [6.07, 6.45) is 3.42. The van der Waals surface area contributed by atoms with Crippen molar-refractivity contribution in [3.8, 4) is 0 Å². The minimum Gasteiger partial charge on any atom is -0.464 e. The molecule has 0 saturated carbocycles. The Morgan fingerprint density at radius 3 is 2.52 bits per heavy atom. The Hall–Kier alpha value is -2.64. The zero-order valence-corrected chi connectivity index (χ0v) is 18.7. The number of nitrogens with zero attached hydrogens (tertiary/aromatic N) is 1. The molecule has 1 aliphatic heterocycles. The van der Waals surface area contributed by atoms with Crippen LogP contribution in [0.25, 0.3) is 11.0 Å². The average molecular weight is 441 g/mol. The first-order valence-corrected chi connectivity index (χ1v) is 12.1. The van der Waals surface area contributed by atoms with Gasteiger partial charge in [-0.1, -0.05) is 30.3 Å². The number of furan rings is 1. The Morgan fingerprint density at radius 1 is 1.10 bits per heavy atom. The van der Waals surface area contributed by atoms with Crippen LogP contribution < -0.4 is 5.32 Å². The van der Waals surface area contributed by atoms with Crippen LogP contribution in [-0.2, 0) is 21.2 Å². The number of piperidine rings is 1. The molecule has 1 aliphatic rings. The van der Waals surface area contributed by atoms with Crippen molar-refractivity contribution in [2.24, 2.45) is 5.92 Å². The average Bonchev–Trinajstić information content (AvgIpc) is 3.19. The molecule has 2 heterocycles. The SMILES string of the molecule is Cc1ccc2c(CC(=O)NCC3CCN(S(=O)(=O)c4ccccc4)CC3)coc2c1C. The van der Waals surface area contributed by atoms with Crippen molar-refractivity contribution in [2.45, 2.75) is 38.0 Å². The minimum absolute atomic E-state index is 0.0414. The Bertz CT molecular complexity index is 1180. The zero-order valence-electron chi connectivity index (χ0n) is 17.9. The summed E-state index contributed by atoms with van der Waals surface area (Å²) in [5.41, 5.74) is 3.99. The van der Waals surface area contributed by atoms with E-state index in [4.69, 9.17) is 4.42 Å². The van der Waals surface area contributed by atoms with Crippen LogP contribution in [0.1, 0.15) is 29.5 Å². The summed E-state index contributed by atoms with van der Waals surface area (Å²) in [5.74, 6) is 0.234. The molecule has 1 saturated heterocycles. The summed E-state index contributed by atoms with van der Waals surface area (Å²) in [7, 11) is -3.44. The second-order valence-electron chi connectivity index (χ2n) is 8.29. The van der Waals surface area contributed by atoms with Crippen LogP contribution in [-0.4, -0.2) is 38.3 Å². The Kier molecular flexibility index (Phi) is 6.16. The van der Waals surface area contributed by atoms with Crippen LogP contribution in [0.4, 0.5) is 0 Å². The fourth-order valence-corrected chi connectivity index (χ4v) is 5.60. The highest BCUT2D eigenvalue weighted by atomic mass is 32.2. The van der Waals surface area contributed by atoms with Crippen LogP contribution in [0, 0.1) is 19.8 Å². The molecule has 7 heteroatoms. The quantitative estimate of drug-likeness (QED) is 0.632. The molecule has 6 nitrogen and oxygen atoms in total. The molecule has 31 heavy (non-hydrogen) atoms. The lowest BCUT2D eigenvalue weighted by Crippen LogP contribution is -2.41. The zero-order chi connectivity index (χ0) is 22.0. The number of nitrogens with one attached hydrogen (secondary N) is 1. The second-order valence-corrected chi connectivity index (χ2v) is 10.2. The van der Waals surface area contributed by atoms with Gasteiger partial charge < -0.3 is 9.73 Å². The number of carbonyl (C=O) groups excluding carboxylic acids is 1. The van der Waals surface area contributed by atoms with E-state index in [0.717, 1.165) is 34.9 Å². The van der Waals surface area contributed by atoms with Crippen LogP contribution in [0.2, 0.25) is 0 Å². The maximum Gasteiger partial charge on any atom is 0.243 e. The summed E-state index contributed by atoms with van der Waals surface area (Å²) in [5, 5.41) is 4.00. The third-order valence-corrected chi connectivity index (χ3v) is 8.15. The number of fused-ring (bicyclic) bond motifs is 1. The topological polar surface area (TPSA) is 79.6 Å². The molecule has 164 valence electrons. The molecular formula is C24H28N2O4S. The number of benzene rings is 2. The lowest BCUT2D eigenvalue weighted by Gasteiger charge is -2.31. The van der Waals surface area contributed by atoms with Gasteiger partial charge in [0.25, 0.3) is 0 Å². The van der Waals surface area contributed by atoms with Gasteiger partial charge in [0.2, 0.25) is 15.9 Å². The first kappa shape index (κ1) is 21.6. The molecule has 4 rings (SSSR count). The molecule has 0 atom stereocenters. The third kappa shape index (κ3) is 4.52. The van der Waals surface area contributed by atoms with E-state index in [-0.39, 0.29) is 18.2 Å². The van der Waals surface area contributed by atoms with Crippen LogP contribution in [0.3, 0.4) is 0 Å². The van der Waals surface area contributed by atoms with Gasteiger partial charge in [0.15, 0.2) is 0 Å². The van der Waals surface area contributed by atoms with Crippen molar-refractivity contribution in [2.75, 3.05) is 19.6 Å². The second kappa shape index (κ2) is 8.85. The minimum atomic E-state index is -3.44. The molecule has 1 N–H and O–H groups in total. The van der Waals surface area contributed by atoms with Gasteiger partial charge in [-0.25, -0.2) is 8.42 Å². The van der Waals surface area contributed by atoms with Crippen molar-refractivity contribution in [1.29, 1.82) is 0 Å². The maximum atomic E-state index is 12.7. The molecule has 1 fully saturated rings. The highest BCUT2D eigenvalue weighted by molar-refractivity contribution is 7.89. The van der Waals surface area contributed by atoms with E-state index in [0.29, 0.717) is 24.5 Å². The fourth-order valence-electron chi connectivity index (χ4n) is 4.11. The molecular weight excluding hydrogens is 412 g/mol. The van der Waals surface area contributed by atoms with Crippen LogP contribution >= 0.6 is 0 Å². The summed E-state index contributed by atoms with van der Waals surface area (Å²) < 4.78 is 32.7. The van der Waals surface area contributed by atoms with Gasteiger partial charge in [0, 0.05) is 30.6 Å². The Balaban J connectivity index is 1.29. The van der Waals surface area contributed by atoms with Gasteiger partial charge in [-0.2, -0.15) is 4.31 Å². The van der Waals surface area contributed by atoms with E-state index >= 15 is 0 Å². The molecule has 1 amide bonds. The normalized spacial score (nSPS) is 15.9. The lowest BCUT2D eigenvalue weighted by molar-refractivity contribution is -0.120. The number of rotatable bonds is 6. The van der Waals surface area contributed by atoms with Gasteiger partial charge in [-0.3, -0.25) is 4.79 Å². The summed E-state index contributed by atoms with van der Waals surface area (Å²) in [4.78, 5) is 12.8. The summed E-state index contributed by atoms with van der Waals surface area (Å²) >= 11 is 0. The molecule has 0 radical (unpaired) electrons. The number of carbonyl (C=O) groups is 1. The molecule has 0 spiro atoms. The number of aryl methyl sites for hydroxylation is 2. The van der Waals surface area contributed by atoms with E-state index in [2.05, 4.69) is 5.32 Å². The highest BCUT2D eigenvalue weighted by Gasteiger charge is 2.29. The van der Waals surface area contributed by atoms with E-state index in [1.807, 2.05) is 32.0 Å². The van der Waals surface area contributed by atoms with Crippen molar-refractivity contribution >= 4 is 26.9 Å². The first-order valence-electron chi connectivity index (χ1n) is 10.6. The predicted molar refractivity (Wildman–Crippen MR) is 120 cm³/mol. The molecule has 0 unspecified atom stereocenters. The number of amides is 1. The first-order chi connectivity index (χ1) is 14.9. The molecule has 1 aromatic heterocycles. The van der Waals surface area contributed by atoms with Crippen molar-refractivity contribution in [3.63, 3.8) is 0 Å². The highest BCUT2D eigenvalue weighted by Crippen LogP contribution is 2.27. The largest absolute Gasteiger partial charge is 0.464 e. The van der Waals surface area contributed by atoms with Gasteiger partial charge in [-0.05, 0) is 55.9 Å². The smallest absolute Gasteiger partial charge is 0.243 e. The molecule has 0 bridgehead atoms. The molecule has 0 aliphatic carbocycles. The van der Waals surface area contributed by atoms with Crippen molar-refractivity contribution < 1.29 is 17.6 Å². The van der Waals surface area contributed by atoms with E-state index in [9.17, 15) is 13.2 Å². The Morgan fingerprint density at radius 2 is 1.81 bits per heavy atom. The predicted octanol–water partition coefficient (Wildman–Crippen LogP) is 3.81. The fraction of sp³-hybridized carbons (Fsp3) is 0.375. The van der Waals surface area contributed by atoms with Crippen molar-refractivity contribution in [3.05, 3.63) is 65.4 Å². The van der Waals surface area contributed by atoms with E-state index < -0.39 is 10.0 Å². The summed E-state index contributed by atoms with van der Waals surface area (Å²) in [6, 6.07) is 12.6. The van der Waals surface area contributed by atoms with Gasteiger partial charge in [-0.15, -0.1) is 0 Å². The van der Waals surface area contributed by atoms with Crippen molar-refractivity contribution in [1.82, 2.24) is 9.62 Å². The van der Waals surface area contributed by atoms with E-state index in [1.165, 1.54) is 5.56 Å². The maximum absolute atomic E-state index is 12.7. The number of hydrogen-bond acceptors (Lipinski definition) is 4. The number of sulfonamides is 1. The summed E-state index contributed by atoms with van der Waals surface area (Å²) in [6.45, 7) is 5.58. The van der Waals surface area contributed by atoms with Gasteiger partial charge >= 0.3 is 0 Å². The van der Waals surface area contributed by atoms with Gasteiger partial charge in [0.1, 0.15) is 5.58 Å². The van der Waals surface area contributed by atoms with E-state index in [1.54, 1.807) is 34.8 Å².